The van der Waals surface area contributed by atoms with Gasteiger partial charge in [0.2, 0.25) is 17.7 Å². The number of fused-ring (bicyclic) bond motifs is 1. The fourth-order valence-corrected chi connectivity index (χ4v) is 5.54. The van der Waals surface area contributed by atoms with Gasteiger partial charge in [0.15, 0.2) is 6.61 Å². The van der Waals surface area contributed by atoms with Crippen LogP contribution in [0.25, 0.3) is 0 Å². The summed E-state index contributed by atoms with van der Waals surface area (Å²) in [6.07, 6.45) is 4.80. The summed E-state index contributed by atoms with van der Waals surface area (Å²) in [5, 5.41) is 11.1. The Hall–Kier alpha value is -2.14. The van der Waals surface area contributed by atoms with Crippen molar-refractivity contribution in [3.63, 3.8) is 0 Å². The molecule has 2 aromatic rings. The van der Waals surface area contributed by atoms with Crippen LogP contribution in [0.4, 0.5) is 8.78 Å². The summed E-state index contributed by atoms with van der Waals surface area (Å²) in [5.41, 5.74) is 0.999. The van der Waals surface area contributed by atoms with Crippen molar-refractivity contribution < 1.29 is 22.7 Å². The van der Waals surface area contributed by atoms with Crippen LogP contribution in [-0.2, 0) is 24.1 Å². The van der Waals surface area contributed by atoms with Gasteiger partial charge < -0.3 is 19.4 Å². The average molecular weight is 484 g/mol. The van der Waals surface area contributed by atoms with E-state index in [0.717, 1.165) is 75.2 Å². The smallest absolute Gasteiger partial charge is 0.273 e. The quantitative estimate of drug-likeness (QED) is 0.586. The highest BCUT2D eigenvalue weighted by Gasteiger charge is 2.25. The van der Waals surface area contributed by atoms with Gasteiger partial charge in [-0.25, -0.2) is 13.8 Å². The SMILES string of the molecule is Cc1nnc(CC(=O)NC2CCC(CCN3CCc4nc(OCC(F)F)sc4CC3)CC2)o1. The van der Waals surface area contributed by atoms with Crippen LogP contribution in [-0.4, -0.2) is 64.7 Å². The van der Waals surface area contributed by atoms with Crippen molar-refractivity contribution in [2.75, 3.05) is 26.2 Å². The number of hydrogen-bond acceptors (Lipinski definition) is 8. The summed E-state index contributed by atoms with van der Waals surface area (Å²) in [5.74, 6) is 1.45. The van der Waals surface area contributed by atoms with Gasteiger partial charge >= 0.3 is 0 Å². The molecule has 0 radical (unpaired) electrons. The van der Waals surface area contributed by atoms with Crippen LogP contribution >= 0.6 is 11.3 Å². The van der Waals surface area contributed by atoms with E-state index in [9.17, 15) is 13.6 Å². The standard InChI is InChI=1S/C22H31F2N5O3S/c1-14-27-28-21(32-14)12-20(30)25-16-4-2-15(3-5-16)6-9-29-10-7-17-18(8-11-29)33-22(26-17)31-13-19(23)24/h15-16,19H,2-13H2,1H3,(H,25,30). The Morgan fingerprint density at radius 3 is 2.76 bits per heavy atom. The normalized spacial score (nSPS) is 21.6. The molecule has 4 rings (SSSR count). The van der Waals surface area contributed by atoms with Crippen molar-refractivity contribution in [2.45, 2.75) is 70.8 Å². The number of carbonyl (C=O) groups excluding carboxylic acids is 1. The maximum atomic E-state index is 12.3. The van der Waals surface area contributed by atoms with Gasteiger partial charge in [0, 0.05) is 37.4 Å². The van der Waals surface area contributed by atoms with Gasteiger partial charge in [-0.05, 0) is 51.0 Å². The highest BCUT2D eigenvalue weighted by atomic mass is 32.1. The van der Waals surface area contributed by atoms with Crippen molar-refractivity contribution >= 4 is 17.2 Å². The Kier molecular flexibility index (Phi) is 8.24. The number of thiazole rings is 1. The number of halogens is 2. The predicted molar refractivity (Wildman–Crippen MR) is 119 cm³/mol. The topological polar surface area (TPSA) is 93.4 Å². The van der Waals surface area contributed by atoms with E-state index in [0.29, 0.717) is 22.9 Å². The third-order valence-corrected chi connectivity index (χ3v) is 7.43. The number of aryl methyl sites for hydroxylation is 1. The summed E-state index contributed by atoms with van der Waals surface area (Å²) in [7, 11) is 0. The molecule has 2 aromatic heterocycles. The predicted octanol–water partition coefficient (Wildman–Crippen LogP) is 3.19. The van der Waals surface area contributed by atoms with Gasteiger partial charge in [-0.3, -0.25) is 4.79 Å². The lowest BCUT2D eigenvalue weighted by Crippen LogP contribution is -2.39. The molecule has 0 spiro atoms. The van der Waals surface area contributed by atoms with Crippen LogP contribution in [0.5, 0.6) is 5.19 Å². The van der Waals surface area contributed by atoms with Crippen LogP contribution in [0.2, 0.25) is 0 Å². The monoisotopic (exact) mass is 483 g/mol. The minimum atomic E-state index is -2.48. The fourth-order valence-electron chi connectivity index (χ4n) is 4.59. The summed E-state index contributed by atoms with van der Waals surface area (Å²) < 4.78 is 35.0. The lowest BCUT2D eigenvalue weighted by molar-refractivity contribution is -0.121. The molecule has 2 aliphatic rings. The highest BCUT2D eigenvalue weighted by Crippen LogP contribution is 2.30. The van der Waals surface area contributed by atoms with E-state index >= 15 is 0 Å². The first-order chi connectivity index (χ1) is 15.9. The molecule has 1 fully saturated rings. The molecule has 1 aliphatic carbocycles. The van der Waals surface area contributed by atoms with Crippen molar-refractivity contribution in [1.29, 1.82) is 0 Å². The van der Waals surface area contributed by atoms with Crippen molar-refractivity contribution in [2.24, 2.45) is 5.92 Å². The number of aromatic nitrogens is 3. The lowest BCUT2D eigenvalue weighted by Gasteiger charge is -2.30. The zero-order valence-electron chi connectivity index (χ0n) is 18.9. The molecule has 0 unspecified atom stereocenters. The zero-order chi connectivity index (χ0) is 23.2. The van der Waals surface area contributed by atoms with E-state index in [2.05, 4.69) is 25.4 Å². The second kappa shape index (κ2) is 11.3. The maximum Gasteiger partial charge on any atom is 0.273 e. The first kappa shape index (κ1) is 24.0. The minimum absolute atomic E-state index is 0.0597. The van der Waals surface area contributed by atoms with Gasteiger partial charge in [0.25, 0.3) is 11.6 Å². The molecule has 182 valence electrons. The summed E-state index contributed by atoms with van der Waals surface area (Å²) in [4.78, 5) is 20.3. The van der Waals surface area contributed by atoms with E-state index in [1.807, 2.05) is 0 Å². The van der Waals surface area contributed by atoms with E-state index in [1.54, 1.807) is 6.92 Å². The molecule has 0 atom stereocenters. The largest absolute Gasteiger partial charge is 0.464 e. The third kappa shape index (κ3) is 7.17. The fraction of sp³-hybridized carbons (Fsp3) is 0.727. The molecular formula is C22H31F2N5O3S. The molecular weight excluding hydrogens is 452 g/mol. The number of alkyl halides is 2. The molecule has 33 heavy (non-hydrogen) atoms. The summed E-state index contributed by atoms with van der Waals surface area (Å²) in [6.45, 7) is 4.07. The molecule has 11 heteroatoms. The average Bonchev–Trinajstić information content (AvgIpc) is 3.32. The van der Waals surface area contributed by atoms with Gasteiger partial charge in [0.1, 0.15) is 6.42 Å². The number of rotatable bonds is 9. The van der Waals surface area contributed by atoms with Crippen LogP contribution in [0.1, 0.15) is 54.5 Å². The van der Waals surface area contributed by atoms with E-state index in [4.69, 9.17) is 9.15 Å². The molecule has 0 saturated heterocycles. The van der Waals surface area contributed by atoms with Crippen LogP contribution in [0, 0.1) is 12.8 Å². The highest BCUT2D eigenvalue weighted by molar-refractivity contribution is 7.13. The second-order valence-electron chi connectivity index (χ2n) is 8.86. The number of amides is 1. The van der Waals surface area contributed by atoms with Crippen molar-refractivity contribution in [1.82, 2.24) is 25.4 Å². The summed E-state index contributed by atoms with van der Waals surface area (Å²) in [6, 6.07) is 0.222. The van der Waals surface area contributed by atoms with Gasteiger partial charge in [-0.2, -0.15) is 0 Å². The molecule has 8 nitrogen and oxygen atoms in total. The molecule has 0 aromatic carbocycles. The molecule has 1 saturated carbocycles. The molecule has 1 N–H and O–H groups in total. The van der Waals surface area contributed by atoms with Gasteiger partial charge in [-0.1, -0.05) is 11.3 Å². The third-order valence-electron chi connectivity index (χ3n) is 6.36. The van der Waals surface area contributed by atoms with Crippen molar-refractivity contribution in [3.05, 3.63) is 22.4 Å². The molecule has 1 aliphatic heterocycles. The van der Waals surface area contributed by atoms with E-state index < -0.39 is 13.0 Å². The van der Waals surface area contributed by atoms with Gasteiger partial charge in [-0.15, -0.1) is 10.2 Å². The Balaban J connectivity index is 1.13. The number of nitrogens with one attached hydrogen (secondary N) is 1. The maximum absolute atomic E-state index is 12.3. The molecule has 3 heterocycles. The number of carbonyl (C=O) groups is 1. The molecule has 0 bridgehead atoms. The second-order valence-corrected chi connectivity index (χ2v) is 9.90. The lowest BCUT2D eigenvalue weighted by atomic mass is 9.84. The Labute approximate surface area is 196 Å². The first-order valence-corrected chi connectivity index (χ1v) is 12.5. The Morgan fingerprint density at radius 1 is 1.24 bits per heavy atom. The Morgan fingerprint density at radius 2 is 2.03 bits per heavy atom. The first-order valence-electron chi connectivity index (χ1n) is 11.6. The number of hydrogen-bond donors (Lipinski definition) is 1. The van der Waals surface area contributed by atoms with Crippen molar-refractivity contribution in [3.8, 4) is 5.19 Å². The van der Waals surface area contributed by atoms with Gasteiger partial charge in [0.05, 0.1) is 5.69 Å². The Bertz CT molecular complexity index is 888. The van der Waals surface area contributed by atoms with Crippen LogP contribution in [0.3, 0.4) is 0 Å². The minimum Gasteiger partial charge on any atom is -0.464 e. The summed E-state index contributed by atoms with van der Waals surface area (Å²) >= 11 is 1.40. The van der Waals surface area contributed by atoms with E-state index in [-0.39, 0.29) is 18.4 Å². The zero-order valence-corrected chi connectivity index (χ0v) is 19.7. The molecule has 1 amide bonds. The van der Waals surface area contributed by atoms with Crippen LogP contribution < -0.4 is 10.1 Å². The number of nitrogens with zero attached hydrogens (tertiary/aromatic N) is 4. The van der Waals surface area contributed by atoms with Crippen LogP contribution in [0.15, 0.2) is 4.42 Å². The number of ether oxygens (including phenoxy) is 1. The van der Waals surface area contributed by atoms with E-state index in [1.165, 1.54) is 11.3 Å².